The van der Waals surface area contributed by atoms with Crippen molar-refractivity contribution in [1.29, 1.82) is 0 Å². The third-order valence-electron chi connectivity index (χ3n) is 3.72. The van der Waals surface area contributed by atoms with Crippen LogP contribution in [0.15, 0.2) is 0 Å². The maximum atomic E-state index is 11.7. The number of hydrogen-bond acceptors (Lipinski definition) is 4. The van der Waals surface area contributed by atoms with E-state index in [-0.39, 0.29) is 18.0 Å². The van der Waals surface area contributed by atoms with Crippen LogP contribution in [0.4, 0.5) is 4.79 Å². The predicted molar refractivity (Wildman–Crippen MR) is 86.7 cm³/mol. The van der Waals surface area contributed by atoms with Crippen LogP contribution in [0.5, 0.6) is 0 Å². The first-order valence-corrected chi connectivity index (χ1v) is 8.28. The number of amides is 2. The summed E-state index contributed by atoms with van der Waals surface area (Å²) in [6.45, 7) is 9.03. The van der Waals surface area contributed by atoms with Crippen LogP contribution in [-0.4, -0.2) is 43.3 Å². The van der Waals surface area contributed by atoms with Crippen LogP contribution in [0.3, 0.4) is 0 Å². The minimum absolute atomic E-state index is 0.0203. The Morgan fingerprint density at radius 3 is 2.45 bits per heavy atom. The Labute approximate surface area is 133 Å². The molecule has 0 aromatic rings. The molecular formula is C16H31N3O3. The van der Waals surface area contributed by atoms with Crippen molar-refractivity contribution in [3.05, 3.63) is 0 Å². The summed E-state index contributed by atoms with van der Waals surface area (Å²) in [5.41, 5.74) is -0.480. The monoisotopic (exact) mass is 313 g/mol. The molecule has 6 nitrogen and oxygen atoms in total. The lowest BCUT2D eigenvalue weighted by atomic mass is 9.84. The maximum absolute atomic E-state index is 11.7. The highest BCUT2D eigenvalue weighted by Crippen LogP contribution is 2.24. The number of alkyl carbamates (subject to hydrolysis) is 1. The van der Waals surface area contributed by atoms with Crippen molar-refractivity contribution >= 4 is 12.0 Å². The van der Waals surface area contributed by atoms with Crippen LogP contribution in [0.1, 0.15) is 53.4 Å². The highest BCUT2D eigenvalue weighted by atomic mass is 16.6. The van der Waals surface area contributed by atoms with Crippen LogP contribution in [0.25, 0.3) is 0 Å². The molecule has 128 valence electrons. The van der Waals surface area contributed by atoms with Crippen LogP contribution >= 0.6 is 0 Å². The summed E-state index contributed by atoms with van der Waals surface area (Å²) in [6.07, 6.45) is 4.06. The van der Waals surface area contributed by atoms with Gasteiger partial charge in [-0.3, -0.25) is 4.79 Å². The lowest BCUT2D eigenvalue weighted by molar-refractivity contribution is -0.120. The van der Waals surface area contributed by atoms with Crippen molar-refractivity contribution < 1.29 is 14.3 Å². The van der Waals surface area contributed by atoms with Gasteiger partial charge in [-0.1, -0.05) is 12.8 Å². The molecule has 1 fully saturated rings. The van der Waals surface area contributed by atoms with Crippen LogP contribution in [0, 0.1) is 5.92 Å². The Bertz CT molecular complexity index is 366. The highest BCUT2D eigenvalue weighted by Gasteiger charge is 2.26. The third-order valence-corrected chi connectivity index (χ3v) is 3.72. The molecule has 1 saturated carbocycles. The normalized spacial score (nSPS) is 22.0. The van der Waals surface area contributed by atoms with Gasteiger partial charge in [-0.2, -0.15) is 0 Å². The molecule has 0 spiro atoms. The Morgan fingerprint density at radius 1 is 1.14 bits per heavy atom. The quantitative estimate of drug-likeness (QED) is 0.698. The molecule has 0 saturated heterocycles. The molecule has 2 atom stereocenters. The van der Waals surface area contributed by atoms with Crippen molar-refractivity contribution in [3.8, 4) is 0 Å². The Balaban J connectivity index is 2.38. The standard InChI is InChI=1S/C16H31N3O3/c1-5-17-14(20)11-18-13-9-7-6-8-12(13)10-19-15(21)22-16(2,3)4/h12-13,18H,5-11H2,1-4H3,(H,17,20)(H,19,21). The zero-order valence-corrected chi connectivity index (χ0v) is 14.3. The molecule has 2 amide bonds. The molecule has 1 aliphatic rings. The van der Waals surface area contributed by atoms with Gasteiger partial charge in [-0.15, -0.1) is 0 Å². The van der Waals surface area contributed by atoms with Gasteiger partial charge in [-0.25, -0.2) is 4.79 Å². The first kappa shape index (κ1) is 18.7. The number of nitrogens with one attached hydrogen (secondary N) is 3. The predicted octanol–water partition coefficient (Wildman–Crippen LogP) is 1.80. The molecule has 0 aliphatic heterocycles. The van der Waals surface area contributed by atoms with Gasteiger partial charge in [0.1, 0.15) is 5.60 Å². The number of rotatable bonds is 6. The fourth-order valence-electron chi connectivity index (χ4n) is 2.73. The van der Waals surface area contributed by atoms with Gasteiger partial charge in [0.05, 0.1) is 6.54 Å². The average molecular weight is 313 g/mol. The number of likely N-dealkylation sites (N-methyl/N-ethyl adjacent to an activating group) is 1. The first-order chi connectivity index (χ1) is 10.3. The van der Waals surface area contributed by atoms with E-state index in [1.807, 2.05) is 27.7 Å². The zero-order valence-electron chi connectivity index (χ0n) is 14.3. The van der Waals surface area contributed by atoms with Gasteiger partial charge < -0.3 is 20.7 Å². The van der Waals surface area contributed by atoms with E-state index in [9.17, 15) is 9.59 Å². The van der Waals surface area contributed by atoms with Crippen molar-refractivity contribution in [2.45, 2.75) is 65.0 Å². The summed E-state index contributed by atoms with van der Waals surface area (Å²) in [4.78, 5) is 23.3. The molecule has 2 unspecified atom stereocenters. The number of ether oxygens (including phenoxy) is 1. The molecule has 1 rings (SSSR count). The van der Waals surface area contributed by atoms with E-state index in [1.54, 1.807) is 0 Å². The largest absolute Gasteiger partial charge is 0.444 e. The van der Waals surface area contributed by atoms with Crippen molar-refractivity contribution in [2.24, 2.45) is 5.92 Å². The fraction of sp³-hybridized carbons (Fsp3) is 0.875. The SMILES string of the molecule is CCNC(=O)CNC1CCCCC1CNC(=O)OC(C)(C)C. The van der Waals surface area contributed by atoms with Gasteiger partial charge in [-0.05, 0) is 46.5 Å². The molecular weight excluding hydrogens is 282 g/mol. The molecule has 6 heteroatoms. The fourth-order valence-corrected chi connectivity index (χ4v) is 2.73. The summed E-state index contributed by atoms with van der Waals surface area (Å²) >= 11 is 0. The van der Waals surface area contributed by atoms with Crippen molar-refractivity contribution in [3.63, 3.8) is 0 Å². The van der Waals surface area contributed by atoms with E-state index >= 15 is 0 Å². The first-order valence-electron chi connectivity index (χ1n) is 8.28. The zero-order chi connectivity index (χ0) is 16.6. The summed E-state index contributed by atoms with van der Waals surface area (Å²) < 4.78 is 5.26. The lowest BCUT2D eigenvalue weighted by Crippen LogP contribution is -2.47. The highest BCUT2D eigenvalue weighted by molar-refractivity contribution is 5.77. The topological polar surface area (TPSA) is 79.5 Å². The van der Waals surface area contributed by atoms with Crippen LogP contribution in [0.2, 0.25) is 0 Å². The van der Waals surface area contributed by atoms with Crippen LogP contribution in [-0.2, 0) is 9.53 Å². The molecule has 0 radical (unpaired) electrons. The molecule has 1 aliphatic carbocycles. The smallest absolute Gasteiger partial charge is 0.407 e. The third kappa shape index (κ3) is 7.64. The van der Waals surface area contributed by atoms with Gasteiger partial charge in [0.15, 0.2) is 0 Å². The molecule has 22 heavy (non-hydrogen) atoms. The molecule has 0 aromatic carbocycles. The van der Waals surface area contributed by atoms with E-state index in [1.165, 1.54) is 6.42 Å². The minimum Gasteiger partial charge on any atom is -0.444 e. The summed E-state index contributed by atoms with van der Waals surface area (Å²) in [5.74, 6) is 0.364. The second-order valence-corrected chi connectivity index (χ2v) is 6.87. The van der Waals surface area contributed by atoms with Gasteiger partial charge in [0, 0.05) is 19.1 Å². The Kier molecular flexibility index (Phi) is 7.65. The summed E-state index contributed by atoms with van der Waals surface area (Å²) in [5, 5.41) is 8.96. The average Bonchev–Trinajstić information content (AvgIpc) is 2.42. The van der Waals surface area contributed by atoms with E-state index < -0.39 is 5.60 Å². The number of hydrogen-bond donors (Lipinski definition) is 3. The number of carbonyl (C=O) groups excluding carboxylic acids is 2. The lowest BCUT2D eigenvalue weighted by Gasteiger charge is -2.32. The summed E-state index contributed by atoms with van der Waals surface area (Å²) in [7, 11) is 0. The van der Waals surface area contributed by atoms with E-state index in [2.05, 4.69) is 16.0 Å². The van der Waals surface area contributed by atoms with Crippen LogP contribution < -0.4 is 16.0 Å². The second-order valence-electron chi connectivity index (χ2n) is 6.87. The van der Waals surface area contributed by atoms with Gasteiger partial charge in [0.25, 0.3) is 0 Å². The molecule has 0 aromatic heterocycles. The Hall–Kier alpha value is -1.30. The molecule has 0 bridgehead atoms. The summed E-state index contributed by atoms with van der Waals surface area (Å²) in [6, 6.07) is 0.270. The second kappa shape index (κ2) is 8.98. The van der Waals surface area contributed by atoms with E-state index in [4.69, 9.17) is 4.74 Å². The molecule has 3 N–H and O–H groups in total. The Morgan fingerprint density at radius 2 is 1.82 bits per heavy atom. The van der Waals surface area contributed by atoms with Crippen molar-refractivity contribution in [2.75, 3.05) is 19.6 Å². The van der Waals surface area contributed by atoms with E-state index in [0.717, 1.165) is 19.3 Å². The maximum Gasteiger partial charge on any atom is 0.407 e. The van der Waals surface area contributed by atoms with Gasteiger partial charge in [0.2, 0.25) is 5.91 Å². The van der Waals surface area contributed by atoms with Crippen molar-refractivity contribution in [1.82, 2.24) is 16.0 Å². The molecule has 0 heterocycles. The number of carbonyl (C=O) groups is 2. The minimum atomic E-state index is -0.480. The van der Waals surface area contributed by atoms with Gasteiger partial charge >= 0.3 is 6.09 Å². The van der Waals surface area contributed by atoms with E-state index in [0.29, 0.717) is 25.6 Å².